The van der Waals surface area contributed by atoms with E-state index in [0.717, 1.165) is 27.5 Å². The number of carbonyl (C=O) groups is 2. The van der Waals surface area contributed by atoms with E-state index in [1.54, 1.807) is 44.6 Å². The smallest absolute Gasteiger partial charge is 0.300 e. The van der Waals surface area contributed by atoms with Crippen LogP contribution in [0.3, 0.4) is 0 Å². The molecule has 0 saturated carbocycles. The van der Waals surface area contributed by atoms with Crippen molar-refractivity contribution in [2.45, 2.75) is 19.9 Å². The van der Waals surface area contributed by atoms with Crippen molar-refractivity contribution in [2.24, 2.45) is 0 Å². The zero-order valence-electron chi connectivity index (χ0n) is 21.1. The SMILES string of the molecule is COc1ccc(N2C(=O)C(=O)/C(=C(/O)c3cc(C)c(OC)cc3C)C2c2cccc3ccccc23)cc1. The third-order valence-electron chi connectivity index (χ3n) is 6.91. The van der Waals surface area contributed by atoms with E-state index in [1.165, 1.54) is 4.90 Å². The first-order chi connectivity index (χ1) is 17.8. The number of amides is 1. The molecule has 1 heterocycles. The summed E-state index contributed by atoms with van der Waals surface area (Å²) in [5.41, 5.74) is 3.34. The van der Waals surface area contributed by atoms with Crippen LogP contribution in [0.1, 0.15) is 28.3 Å². The third-order valence-corrected chi connectivity index (χ3v) is 6.91. The summed E-state index contributed by atoms with van der Waals surface area (Å²) in [4.78, 5) is 28.6. The van der Waals surface area contributed by atoms with Gasteiger partial charge >= 0.3 is 0 Å². The fourth-order valence-electron chi connectivity index (χ4n) is 5.03. The quantitative estimate of drug-likeness (QED) is 0.207. The average molecular weight is 494 g/mol. The molecule has 0 aliphatic carbocycles. The molecule has 1 amide bonds. The molecule has 1 aliphatic heterocycles. The first-order valence-corrected chi connectivity index (χ1v) is 11.9. The molecule has 1 unspecified atom stereocenters. The van der Waals surface area contributed by atoms with E-state index in [9.17, 15) is 14.7 Å². The lowest BCUT2D eigenvalue weighted by molar-refractivity contribution is -0.132. The first-order valence-electron chi connectivity index (χ1n) is 11.9. The van der Waals surface area contributed by atoms with Gasteiger partial charge in [-0.3, -0.25) is 14.5 Å². The molecule has 0 spiro atoms. The normalized spacial score (nSPS) is 16.9. The van der Waals surface area contributed by atoms with Crippen LogP contribution in [-0.2, 0) is 9.59 Å². The van der Waals surface area contributed by atoms with Crippen molar-refractivity contribution >= 4 is 33.9 Å². The molecule has 1 N–H and O–H groups in total. The molecule has 1 atom stereocenters. The van der Waals surface area contributed by atoms with Gasteiger partial charge in [0.1, 0.15) is 17.3 Å². The van der Waals surface area contributed by atoms with Gasteiger partial charge in [0.25, 0.3) is 11.7 Å². The maximum Gasteiger partial charge on any atom is 0.300 e. The Morgan fingerprint density at radius 3 is 2.24 bits per heavy atom. The van der Waals surface area contributed by atoms with Crippen LogP contribution in [0.4, 0.5) is 5.69 Å². The molecular formula is C31H27NO5. The number of aryl methyl sites for hydroxylation is 2. The van der Waals surface area contributed by atoms with Crippen molar-refractivity contribution in [3.63, 3.8) is 0 Å². The fourth-order valence-corrected chi connectivity index (χ4v) is 5.03. The second-order valence-corrected chi connectivity index (χ2v) is 9.07. The number of nitrogens with zero attached hydrogens (tertiary/aromatic N) is 1. The highest BCUT2D eigenvalue weighted by atomic mass is 16.5. The van der Waals surface area contributed by atoms with Crippen LogP contribution in [0.2, 0.25) is 0 Å². The van der Waals surface area contributed by atoms with Gasteiger partial charge in [0.05, 0.1) is 25.8 Å². The monoisotopic (exact) mass is 493 g/mol. The maximum atomic E-state index is 13.6. The minimum Gasteiger partial charge on any atom is -0.507 e. The van der Waals surface area contributed by atoms with E-state index in [-0.39, 0.29) is 11.3 Å². The second-order valence-electron chi connectivity index (χ2n) is 9.07. The number of anilines is 1. The molecule has 5 rings (SSSR count). The van der Waals surface area contributed by atoms with E-state index >= 15 is 0 Å². The third kappa shape index (κ3) is 4.00. The van der Waals surface area contributed by atoms with Gasteiger partial charge in [0.2, 0.25) is 0 Å². The number of methoxy groups -OCH3 is 2. The van der Waals surface area contributed by atoms with Crippen molar-refractivity contribution in [3.8, 4) is 11.5 Å². The summed E-state index contributed by atoms with van der Waals surface area (Å²) in [6, 6.07) is 23.3. The minimum atomic E-state index is -0.832. The Hall–Kier alpha value is -4.58. The molecule has 6 heteroatoms. The van der Waals surface area contributed by atoms with Crippen LogP contribution in [0.25, 0.3) is 16.5 Å². The number of hydrogen-bond donors (Lipinski definition) is 1. The number of ether oxygens (including phenoxy) is 2. The number of aliphatic hydroxyl groups is 1. The molecule has 1 aliphatic rings. The molecule has 0 aromatic heterocycles. The number of hydrogen-bond acceptors (Lipinski definition) is 5. The summed E-state index contributed by atoms with van der Waals surface area (Å²) in [7, 11) is 3.15. The lowest BCUT2D eigenvalue weighted by Crippen LogP contribution is -2.29. The Labute approximate surface area is 215 Å². The van der Waals surface area contributed by atoms with E-state index < -0.39 is 17.7 Å². The molecule has 0 bridgehead atoms. The summed E-state index contributed by atoms with van der Waals surface area (Å²) >= 11 is 0. The zero-order valence-corrected chi connectivity index (χ0v) is 21.1. The van der Waals surface area contributed by atoms with Gasteiger partial charge in [-0.15, -0.1) is 0 Å². The molecule has 4 aromatic carbocycles. The van der Waals surface area contributed by atoms with Crippen molar-refractivity contribution in [1.82, 2.24) is 0 Å². The van der Waals surface area contributed by atoms with Crippen molar-refractivity contribution < 1.29 is 24.2 Å². The van der Waals surface area contributed by atoms with Crippen LogP contribution in [0.5, 0.6) is 11.5 Å². The minimum absolute atomic E-state index is 0.0461. The number of aliphatic hydroxyl groups excluding tert-OH is 1. The Morgan fingerprint density at radius 2 is 1.54 bits per heavy atom. The van der Waals surface area contributed by atoms with E-state index in [4.69, 9.17) is 9.47 Å². The zero-order chi connectivity index (χ0) is 26.3. The number of rotatable bonds is 5. The van der Waals surface area contributed by atoms with Crippen LogP contribution < -0.4 is 14.4 Å². The Bertz CT molecular complexity index is 1560. The van der Waals surface area contributed by atoms with Gasteiger partial charge in [0, 0.05) is 11.3 Å². The summed E-state index contributed by atoms with van der Waals surface area (Å²) in [6.07, 6.45) is 0. The standard InChI is InChI=1S/C31H27NO5/c1-18-17-26(37-4)19(2)16-25(18)29(33)27-28(24-11-7-9-20-8-5-6-10-23(20)24)32(31(35)30(27)34)21-12-14-22(36-3)15-13-21/h5-17,28,33H,1-4H3/b29-27+. The highest BCUT2D eigenvalue weighted by molar-refractivity contribution is 6.52. The Morgan fingerprint density at radius 1 is 0.838 bits per heavy atom. The number of fused-ring (bicyclic) bond motifs is 1. The molecule has 1 fully saturated rings. The maximum absolute atomic E-state index is 13.6. The number of carbonyl (C=O) groups excluding carboxylic acids is 2. The predicted octanol–water partition coefficient (Wildman–Crippen LogP) is 6.10. The number of ketones is 1. The van der Waals surface area contributed by atoms with E-state index in [2.05, 4.69) is 0 Å². The van der Waals surface area contributed by atoms with Crippen LogP contribution >= 0.6 is 0 Å². The summed E-state index contributed by atoms with van der Waals surface area (Å²) in [5.74, 6) is -0.341. The molecular weight excluding hydrogens is 466 g/mol. The average Bonchev–Trinajstić information content (AvgIpc) is 3.18. The molecule has 37 heavy (non-hydrogen) atoms. The van der Waals surface area contributed by atoms with E-state index in [1.807, 2.05) is 62.4 Å². The van der Waals surface area contributed by atoms with Gasteiger partial charge in [-0.2, -0.15) is 0 Å². The van der Waals surface area contributed by atoms with Gasteiger partial charge in [-0.1, -0.05) is 42.5 Å². The number of benzene rings is 4. The van der Waals surface area contributed by atoms with Gasteiger partial charge in [-0.05, 0) is 77.7 Å². The number of Topliss-reactive ketones (excluding diaryl/α,β-unsaturated/α-hetero) is 1. The van der Waals surface area contributed by atoms with Crippen LogP contribution in [0, 0.1) is 13.8 Å². The van der Waals surface area contributed by atoms with Crippen molar-refractivity contribution in [2.75, 3.05) is 19.1 Å². The highest BCUT2D eigenvalue weighted by Crippen LogP contribution is 2.45. The predicted molar refractivity (Wildman–Crippen MR) is 144 cm³/mol. The van der Waals surface area contributed by atoms with Crippen molar-refractivity contribution in [3.05, 3.63) is 107 Å². The summed E-state index contributed by atoms with van der Waals surface area (Å²) < 4.78 is 10.7. The highest BCUT2D eigenvalue weighted by Gasteiger charge is 2.47. The molecule has 6 nitrogen and oxygen atoms in total. The van der Waals surface area contributed by atoms with Crippen LogP contribution in [0.15, 0.2) is 84.4 Å². The topological polar surface area (TPSA) is 76.1 Å². The van der Waals surface area contributed by atoms with Gasteiger partial charge < -0.3 is 14.6 Å². The van der Waals surface area contributed by atoms with Gasteiger partial charge in [0.15, 0.2) is 0 Å². The molecule has 4 aromatic rings. The second kappa shape index (κ2) is 9.47. The molecule has 0 radical (unpaired) electrons. The fraction of sp³-hybridized carbons (Fsp3) is 0.161. The van der Waals surface area contributed by atoms with Gasteiger partial charge in [-0.25, -0.2) is 0 Å². The summed E-state index contributed by atoms with van der Waals surface area (Å²) in [6.45, 7) is 3.71. The molecule has 1 saturated heterocycles. The molecule has 186 valence electrons. The lowest BCUT2D eigenvalue weighted by atomic mass is 9.90. The Kier molecular flexibility index (Phi) is 6.17. The first kappa shape index (κ1) is 24.1. The lowest BCUT2D eigenvalue weighted by Gasteiger charge is -2.27. The van der Waals surface area contributed by atoms with Crippen molar-refractivity contribution in [1.29, 1.82) is 0 Å². The van der Waals surface area contributed by atoms with E-state index in [0.29, 0.717) is 22.7 Å². The summed E-state index contributed by atoms with van der Waals surface area (Å²) in [5, 5.41) is 13.5. The largest absolute Gasteiger partial charge is 0.507 e. The Balaban J connectivity index is 1.80. The van der Waals surface area contributed by atoms with Crippen LogP contribution in [-0.4, -0.2) is 31.0 Å².